The molecule has 1 unspecified atom stereocenters. The number of amides is 2. The number of ether oxygens (including phenoxy) is 1. The largest absolute Gasteiger partial charge is 0.380 e. The zero-order valence-corrected chi connectivity index (χ0v) is 17.0. The van der Waals surface area contributed by atoms with Crippen LogP contribution in [0.4, 0.5) is 0 Å². The second kappa shape index (κ2) is 8.01. The van der Waals surface area contributed by atoms with E-state index in [-0.39, 0.29) is 29.3 Å². The van der Waals surface area contributed by atoms with E-state index in [4.69, 9.17) is 4.74 Å². The number of methoxy groups -OCH3 is 1. The van der Waals surface area contributed by atoms with E-state index in [9.17, 15) is 9.59 Å². The zero-order chi connectivity index (χ0) is 19.6. The average Bonchev–Trinajstić information content (AvgIpc) is 3.15. The van der Waals surface area contributed by atoms with Crippen LogP contribution in [-0.4, -0.2) is 61.0 Å². The minimum Gasteiger partial charge on any atom is -0.380 e. The molecule has 5 nitrogen and oxygen atoms in total. The van der Waals surface area contributed by atoms with Crippen LogP contribution in [0.2, 0.25) is 0 Å². The van der Waals surface area contributed by atoms with Crippen LogP contribution in [0.5, 0.6) is 0 Å². The third-order valence-electron chi connectivity index (χ3n) is 5.92. The molecule has 2 heterocycles. The van der Waals surface area contributed by atoms with Gasteiger partial charge < -0.3 is 14.5 Å². The standard InChI is InChI=1S/C22H32N2O3/c1-22(2,3)18-7-5-16(6-8-18)20(25)23-12-9-17(10-13-23)21(26)24-14-11-19(15-24)27-4/h5-8,17,19H,9-15H2,1-4H3. The van der Waals surface area contributed by atoms with Crippen molar-refractivity contribution in [2.24, 2.45) is 5.92 Å². The normalized spacial score (nSPS) is 21.6. The maximum absolute atomic E-state index is 12.8. The molecular weight excluding hydrogens is 340 g/mol. The molecule has 2 amide bonds. The van der Waals surface area contributed by atoms with Crippen molar-refractivity contribution in [1.29, 1.82) is 0 Å². The van der Waals surface area contributed by atoms with Crippen LogP contribution in [0.1, 0.15) is 56.0 Å². The lowest BCUT2D eigenvalue weighted by Crippen LogP contribution is -2.44. The van der Waals surface area contributed by atoms with Gasteiger partial charge in [0.15, 0.2) is 0 Å². The molecule has 27 heavy (non-hydrogen) atoms. The summed E-state index contributed by atoms with van der Waals surface area (Å²) in [5.74, 6) is 0.339. The molecule has 0 spiro atoms. The van der Waals surface area contributed by atoms with Crippen LogP contribution in [-0.2, 0) is 14.9 Å². The number of benzene rings is 1. The van der Waals surface area contributed by atoms with Crippen LogP contribution in [0.25, 0.3) is 0 Å². The maximum Gasteiger partial charge on any atom is 0.253 e. The van der Waals surface area contributed by atoms with E-state index in [2.05, 4.69) is 20.8 Å². The Hall–Kier alpha value is -1.88. The van der Waals surface area contributed by atoms with Gasteiger partial charge in [0.05, 0.1) is 6.10 Å². The summed E-state index contributed by atoms with van der Waals surface area (Å²) in [6.07, 6.45) is 2.59. The molecule has 2 saturated heterocycles. The van der Waals surface area contributed by atoms with Gasteiger partial charge in [-0.15, -0.1) is 0 Å². The van der Waals surface area contributed by atoms with Crippen LogP contribution in [0.3, 0.4) is 0 Å². The second-order valence-electron chi connectivity index (χ2n) is 8.82. The second-order valence-corrected chi connectivity index (χ2v) is 8.82. The molecule has 2 fully saturated rings. The lowest BCUT2D eigenvalue weighted by atomic mass is 9.86. The number of carbonyl (C=O) groups is 2. The highest BCUT2D eigenvalue weighted by molar-refractivity contribution is 5.94. The van der Waals surface area contributed by atoms with Crippen molar-refractivity contribution in [3.63, 3.8) is 0 Å². The summed E-state index contributed by atoms with van der Waals surface area (Å²) < 4.78 is 5.36. The third kappa shape index (κ3) is 4.52. The summed E-state index contributed by atoms with van der Waals surface area (Å²) in [5.41, 5.74) is 2.04. The zero-order valence-electron chi connectivity index (χ0n) is 17.0. The van der Waals surface area contributed by atoms with Crippen LogP contribution < -0.4 is 0 Å². The highest BCUT2D eigenvalue weighted by atomic mass is 16.5. The number of hydrogen-bond acceptors (Lipinski definition) is 3. The average molecular weight is 373 g/mol. The van der Waals surface area contributed by atoms with Crippen molar-refractivity contribution >= 4 is 11.8 Å². The van der Waals surface area contributed by atoms with Crippen molar-refractivity contribution in [3.05, 3.63) is 35.4 Å². The lowest BCUT2D eigenvalue weighted by molar-refractivity contribution is -0.136. The molecular formula is C22H32N2O3. The van der Waals surface area contributed by atoms with Crippen molar-refractivity contribution in [1.82, 2.24) is 9.80 Å². The van der Waals surface area contributed by atoms with Gasteiger partial charge in [-0.3, -0.25) is 9.59 Å². The van der Waals surface area contributed by atoms with Gasteiger partial charge >= 0.3 is 0 Å². The number of carbonyl (C=O) groups excluding carboxylic acids is 2. The van der Waals surface area contributed by atoms with Crippen molar-refractivity contribution in [3.8, 4) is 0 Å². The first-order valence-electron chi connectivity index (χ1n) is 10.0. The minimum absolute atomic E-state index is 0.0351. The van der Waals surface area contributed by atoms with Gasteiger partial charge in [0, 0.05) is 44.8 Å². The smallest absolute Gasteiger partial charge is 0.253 e. The summed E-state index contributed by atoms with van der Waals surface area (Å²) >= 11 is 0. The fourth-order valence-electron chi connectivity index (χ4n) is 4.00. The minimum atomic E-state index is 0.0351. The molecule has 1 aromatic rings. The predicted molar refractivity (Wildman–Crippen MR) is 106 cm³/mol. The fourth-order valence-corrected chi connectivity index (χ4v) is 4.00. The Morgan fingerprint density at radius 1 is 0.963 bits per heavy atom. The summed E-state index contributed by atoms with van der Waals surface area (Å²) in [4.78, 5) is 29.3. The van der Waals surface area contributed by atoms with Crippen molar-refractivity contribution in [2.75, 3.05) is 33.3 Å². The first kappa shape index (κ1) is 19.9. The Morgan fingerprint density at radius 2 is 1.56 bits per heavy atom. The highest BCUT2D eigenvalue weighted by Crippen LogP contribution is 2.25. The number of piperidine rings is 1. The molecule has 0 N–H and O–H groups in total. The van der Waals surface area contributed by atoms with Gasteiger partial charge in [0.25, 0.3) is 5.91 Å². The SMILES string of the molecule is COC1CCN(C(=O)C2CCN(C(=O)c3ccc(C(C)(C)C)cc3)CC2)C1. The van der Waals surface area contributed by atoms with E-state index in [0.717, 1.165) is 31.4 Å². The Morgan fingerprint density at radius 3 is 2.07 bits per heavy atom. The molecule has 1 aromatic carbocycles. The monoisotopic (exact) mass is 372 g/mol. The number of rotatable bonds is 3. The Bertz CT molecular complexity index is 670. The Kier molecular flexibility index (Phi) is 5.89. The first-order chi connectivity index (χ1) is 12.8. The highest BCUT2D eigenvalue weighted by Gasteiger charge is 2.34. The molecule has 0 bridgehead atoms. The summed E-state index contributed by atoms with van der Waals surface area (Å²) in [7, 11) is 1.71. The van der Waals surface area contributed by atoms with E-state index < -0.39 is 0 Å². The van der Waals surface area contributed by atoms with Crippen LogP contribution in [0, 0.1) is 5.92 Å². The van der Waals surface area contributed by atoms with E-state index in [1.54, 1.807) is 7.11 Å². The van der Waals surface area contributed by atoms with E-state index in [1.165, 1.54) is 5.56 Å². The van der Waals surface area contributed by atoms with Crippen LogP contribution in [0.15, 0.2) is 24.3 Å². The van der Waals surface area contributed by atoms with E-state index in [1.807, 2.05) is 34.1 Å². The lowest BCUT2D eigenvalue weighted by Gasteiger charge is -2.33. The topological polar surface area (TPSA) is 49.9 Å². The predicted octanol–water partition coefficient (Wildman–Crippen LogP) is 3.08. The van der Waals surface area contributed by atoms with Crippen molar-refractivity contribution < 1.29 is 14.3 Å². The van der Waals surface area contributed by atoms with Gasteiger partial charge in [-0.2, -0.15) is 0 Å². The first-order valence-corrected chi connectivity index (χ1v) is 10.0. The van der Waals surface area contributed by atoms with Gasteiger partial charge in [0.1, 0.15) is 0 Å². The molecule has 0 aromatic heterocycles. The molecule has 148 valence electrons. The third-order valence-corrected chi connectivity index (χ3v) is 5.92. The van der Waals surface area contributed by atoms with Gasteiger partial charge in [-0.05, 0) is 42.4 Å². The van der Waals surface area contributed by atoms with Crippen molar-refractivity contribution in [2.45, 2.75) is 51.6 Å². The van der Waals surface area contributed by atoms with E-state index >= 15 is 0 Å². The number of likely N-dealkylation sites (tertiary alicyclic amines) is 2. The molecule has 0 saturated carbocycles. The Balaban J connectivity index is 1.54. The quantitative estimate of drug-likeness (QED) is 0.819. The Labute approximate surface area is 162 Å². The summed E-state index contributed by atoms with van der Waals surface area (Å²) in [5, 5.41) is 0. The molecule has 2 aliphatic heterocycles. The number of nitrogens with zero attached hydrogens (tertiary/aromatic N) is 2. The van der Waals surface area contributed by atoms with Gasteiger partial charge in [-0.1, -0.05) is 32.9 Å². The van der Waals surface area contributed by atoms with Gasteiger partial charge in [0.2, 0.25) is 5.91 Å². The molecule has 0 aliphatic carbocycles. The summed E-state index contributed by atoms with van der Waals surface area (Å²) in [6, 6.07) is 7.94. The summed E-state index contributed by atoms with van der Waals surface area (Å²) in [6.45, 7) is 9.29. The molecule has 0 radical (unpaired) electrons. The van der Waals surface area contributed by atoms with Gasteiger partial charge in [-0.25, -0.2) is 0 Å². The molecule has 2 aliphatic rings. The number of hydrogen-bond donors (Lipinski definition) is 0. The van der Waals surface area contributed by atoms with E-state index in [0.29, 0.717) is 19.6 Å². The fraction of sp³-hybridized carbons (Fsp3) is 0.636. The van der Waals surface area contributed by atoms with Crippen LogP contribution >= 0.6 is 0 Å². The molecule has 1 atom stereocenters. The molecule has 3 rings (SSSR count). The molecule has 5 heteroatoms. The maximum atomic E-state index is 12.8.